The first kappa shape index (κ1) is 24.6. The summed E-state index contributed by atoms with van der Waals surface area (Å²) in [6.45, 7) is 8.74. The summed E-state index contributed by atoms with van der Waals surface area (Å²) < 4.78 is 5.94. The number of benzene rings is 1. The topological polar surface area (TPSA) is 97.3 Å². The summed E-state index contributed by atoms with van der Waals surface area (Å²) in [6.07, 6.45) is 4.89. The number of nitrogens with zero attached hydrogens (tertiary/aromatic N) is 4. The van der Waals surface area contributed by atoms with Gasteiger partial charge in [-0.2, -0.15) is 0 Å². The second-order valence-corrected chi connectivity index (χ2v) is 9.17. The minimum atomic E-state index is -0.635. The molecule has 2 aromatic heterocycles. The summed E-state index contributed by atoms with van der Waals surface area (Å²) >= 11 is 6.02. The molecule has 0 aliphatic carbocycles. The first-order valence-corrected chi connectivity index (χ1v) is 11.9. The van der Waals surface area contributed by atoms with Crippen LogP contribution in [0.25, 0.3) is 0 Å². The second kappa shape index (κ2) is 10.4. The van der Waals surface area contributed by atoms with E-state index in [4.69, 9.17) is 16.3 Å². The molecule has 35 heavy (non-hydrogen) atoms. The number of amides is 2. The van der Waals surface area contributed by atoms with E-state index in [0.29, 0.717) is 36.8 Å². The highest BCUT2D eigenvalue weighted by molar-refractivity contribution is 6.30. The molecular weight excluding hydrogens is 466 g/mol. The molecule has 0 fully saturated rings. The second-order valence-electron chi connectivity index (χ2n) is 8.73. The van der Waals surface area contributed by atoms with Gasteiger partial charge in [0.05, 0.1) is 11.9 Å². The summed E-state index contributed by atoms with van der Waals surface area (Å²) in [5.41, 5.74) is 5.83. The number of aromatic nitrogens is 3. The minimum absolute atomic E-state index is 0.0848. The molecule has 1 aliphatic heterocycles. The Morgan fingerprint density at radius 3 is 2.66 bits per heavy atom. The summed E-state index contributed by atoms with van der Waals surface area (Å²) in [5, 5.41) is 3.55. The lowest BCUT2D eigenvalue weighted by Gasteiger charge is -2.32. The molecule has 4 rings (SSSR count). The standard InChI is InChI=1S/C26H28ClN5O3/c1-15-9-20(27)5-6-24(15)35-18(4)26(34)32-8-7-21-19(14-32)11-29-17(3)22(21)12-31-25(33)23-13-28-16(2)10-30-23/h5-6,9-11,13,18H,7-8,12,14H2,1-4H3,(H,31,33). The van der Waals surface area contributed by atoms with Gasteiger partial charge in [-0.1, -0.05) is 11.6 Å². The van der Waals surface area contributed by atoms with Crippen LogP contribution in [0.2, 0.25) is 5.02 Å². The van der Waals surface area contributed by atoms with Gasteiger partial charge < -0.3 is 15.0 Å². The number of fused-ring (bicyclic) bond motifs is 1. The molecule has 1 unspecified atom stereocenters. The maximum Gasteiger partial charge on any atom is 0.271 e. The summed E-state index contributed by atoms with van der Waals surface area (Å²) in [5.74, 6) is 0.269. The lowest BCUT2D eigenvalue weighted by atomic mass is 9.94. The van der Waals surface area contributed by atoms with Gasteiger partial charge in [-0.3, -0.25) is 19.6 Å². The van der Waals surface area contributed by atoms with Crippen molar-refractivity contribution in [2.45, 2.75) is 53.3 Å². The van der Waals surface area contributed by atoms with Crippen LogP contribution >= 0.6 is 11.6 Å². The van der Waals surface area contributed by atoms with Crippen molar-refractivity contribution in [3.05, 3.63) is 81.1 Å². The summed E-state index contributed by atoms with van der Waals surface area (Å²) in [7, 11) is 0. The van der Waals surface area contributed by atoms with Crippen molar-refractivity contribution in [2.75, 3.05) is 6.54 Å². The highest BCUT2D eigenvalue weighted by Crippen LogP contribution is 2.26. The van der Waals surface area contributed by atoms with E-state index in [0.717, 1.165) is 33.6 Å². The van der Waals surface area contributed by atoms with Crippen LogP contribution in [0.15, 0.2) is 36.8 Å². The number of ether oxygens (including phenoxy) is 1. The fourth-order valence-electron chi connectivity index (χ4n) is 4.16. The molecule has 0 spiro atoms. The number of pyridine rings is 1. The van der Waals surface area contributed by atoms with Crippen LogP contribution in [0.4, 0.5) is 0 Å². The molecule has 1 aliphatic rings. The average molecular weight is 494 g/mol. The SMILES string of the molecule is Cc1cnc(C(=O)NCc2c(C)ncc3c2CCN(C(=O)C(C)Oc2ccc(Cl)cc2C)C3)cn1. The molecule has 8 nitrogen and oxygen atoms in total. The van der Waals surface area contributed by atoms with E-state index in [1.165, 1.54) is 6.20 Å². The Morgan fingerprint density at radius 2 is 1.94 bits per heavy atom. The Kier molecular flexibility index (Phi) is 7.31. The molecule has 0 bridgehead atoms. The monoisotopic (exact) mass is 493 g/mol. The van der Waals surface area contributed by atoms with E-state index in [9.17, 15) is 9.59 Å². The molecule has 1 N–H and O–H groups in total. The van der Waals surface area contributed by atoms with Crippen LogP contribution in [0, 0.1) is 20.8 Å². The first-order valence-electron chi connectivity index (χ1n) is 11.5. The lowest BCUT2D eigenvalue weighted by molar-refractivity contribution is -0.138. The van der Waals surface area contributed by atoms with Crippen molar-refractivity contribution >= 4 is 23.4 Å². The van der Waals surface area contributed by atoms with E-state index in [2.05, 4.69) is 20.3 Å². The van der Waals surface area contributed by atoms with Gasteiger partial charge in [-0.15, -0.1) is 0 Å². The van der Waals surface area contributed by atoms with Gasteiger partial charge in [0.15, 0.2) is 6.10 Å². The van der Waals surface area contributed by atoms with Gasteiger partial charge in [0.1, 0.15) is 11.4 Å². The Labute approximate surface area is 209 Å². The van der Waals surface area contributed by atoms with Crippen LogP contribution in [0.1, 0.15) is 51.1 Å². The molecule has 1 atom stereocenters. The normalized spacial score (nSPS) is 13.7. The van der Waals surface area contributed by atoms with Crippen molar-refractivity contribution in [3.8, 4) is 5.75 Å². The fourth-order valence-corrected chi connectivity index (χ4v) is 4.38. The van der Waals surface area contributed by atoms with E-state index < -0.39 is 6.10 Å². The van der Waals surface area contributed by atoms with Crippen LogP contribution in [-0.2, 0) is 24.3 Å². The number of hydrogen-bond acceptors (Lipinski definition) is 6. The Balaban J connectivity index is 1.43. The largest absolute Gasteiger partial charge is 0.481 e. The van der Waals surface area contributed by atoms with E-state index in [1.807, 2.05) is 33.0 Å². The van der Waals surface area contributed by atoms with Crippen LogP contribution < -0.4 is 10.1 Å². The molecule has 182 valence electrons. The van der Waals surface area contributed by atoms with Gasteiger partial charge in [-0.05, 0) is 74.6 Å². The van der Waals surface area contributed by atoms with Gasteiger partial charge in [0.25, 0.3) is 11.8 Å². The van der Waals surface area contributed by atoms with Crippen LogP contribution in [0.3, 0.4) is 0 Å². The number of nitrogens with one attached hydrogen (secondary N) is 1. The van der Waals surface area contributed by atoms with Gasteiger partial charge >= 0.3 is 0 Å². The Bertz CT molecular complexity index is 1260. The first-order chi connectivity index (χ1) is 16.7. The number of aryl methyl sites for hydroxylation is 3. The third kappa shape index (κ3) is 5.59. The van der Waals surface area contributed by atoms with Gasteiger partial charge in [0.2, 0.25) is 0 Å². The van der Waals surface area contributed by atoms with E-state index in [-0.39, 0.29) is 17.5 Å². The minimum Gasteiger partial charge on any atom is -0.481 e. The number of rotatable bonds is 6. The average Bonchev–Trinajstić information content (AvgIpc) is 2.84. The zero-order valence-electron chi connectivity index (χ0n) is 20.3. The molecule has 9 heteroatoms. The molecule has 3 aromatic rings. The third-order valence-electron chi connectivity index (χ3n) is 6.14. The fraction of sp³-hybridized carbons (Fsp3) is 0.346. The maximum absolute atomic E-state index is 13.1. The quantitative estimate of drug-likeness (QED) is 0.562. The zero-order chi connectivity index (χ0) is 25.1. The molecule has 1 aromatic carbocycles. The van der Waals surface area contributed by atoms with Crippen LogP contribution in [0.5, 0.6) is 5.75 Å². The number of hydrogen-bond donors (Lipinski definition) is 1. The number of halogens is 1. The molecule has 3 heterocycles. The summed E-state index contributed by atoms with van der Waals surface area (Å²) in [6, 6.07) is 5.34. The molecular formula is C26H28ClN5O3. The third-order valence-corrected chi connectivity index (χ3v) is 6.37. The predicted molar refractivity (Wildman–Crippen MR) is 132 cm³/mol. The highest BCUT2D eigenvalue weighted by atomic mass is 35.5. The molecule has 0 saturated carbocycles. The van der Waals surface area contributed by atoms with Crippen molar-refractivity contribution < 1.29 is 14.3 Å². The Morgan fingerprint density at radius 1 is 1.14 bits per heavy atom. The van der Waals surface area contributed by atoms with Crippen molar-refractivity contribution in [2.24, 2.45) is 0 Å². The van der Waals surface area contributed by atoms with Gasteiger partial charge in [-0.25, -0.2) is 4.98 Å². The van der Waals surface area contributed by atoms with E-state index >= 15 is 0 Å². The number of carbonyl (C=O) groups is 2. The highest BCUT2D eigenvalue weighted by Gasteiger charge is 2.28. The van der Waals surface area contributed by atoms with Crippen molar-refractivity contribution in [1.82, 2.24) is 25.2 Å². The van der Waals surface area contributed by atoms with Crippen LogP contribution in [-0.4, -0.2) is 44.3 Å². The van der Waals surface area contributed by atoms with E-state index in [1.54, 1.807) is 30.2 Å². The Hall–Kier alpha value is -3.52. The zero-order valence-corrected chi connectivity index (χ0v) is 21.0. The van der Waals surface area contributed by atoms with Crippen molar-refractivity contribution in [3.63, 3.8) is 0 Å². The summed E-state index contributed by atoms with van der Waals surface area (Å²) in [4.78, 5) is 40.2. The maximum atomic E-state index is 13.1. The van der Waals surface area contributed by atoms with Gasteiger partial charge in [0, 0.05) is 42.7 Å². The molecule has 2 amide bonds. The lowest BCUT2D eigenvalue weighted by Crippen LogP contribution is -2.43. The number of carbonyl (C=O) groups excluding carboxylic acids is 2. The molecule has 0 saturated heterocycles. The van der Waals surface area contributed by atoms with Crippen molar-refractivity contribution in [1.29, 1.82) is 0 Å². The molecule has 0 radical (unpaired) electrons. The smallest absolute Gasteiger partial charge is 0.271 e. The predicted octanol–water partition coefficient (Wildman–Crippen LogP) is 3.73.